The molecular formula is C8H15NO6S. The minimum Gasteiger partial charge on any atom is -0.480 e. The second kappa shape index (κ2) is 5.80. The second-order valence-electron chi connectivity index (χ2n) is 3.52. The fraction of sp³-hybridized carbons (Fsp3) is 0.875. The number of carboxylic acids is 1. The van der Waals surface area contributed by atoms with Crippen LogP contribution in [0.25, 0.3) is 0 Å². The zero-order chi connectivity index (χ0) is 12.3. The summed E-state index contributed by atoms with van der Waals surface area (Å²) in [4.78, 5) is 12.0. The highest BCUT2D eigenvalue weighted by Gasteiger charge is 2.39. The lowest BCUT2D eigenvalue weighted by Gasteiger charge is -2.31. The molecule has 0 aromatic heterocycles. The predicted molar refractivity (Wildman–Crippen MR) is 55.7 cm³/mol. The van der Waals surface area contributed by atoms with E-state index >= 15 is 0 Å². The molecule has 4 unspecified atom stereocenters. The molecule has 0 aromatic rings. The van der Waals surface area contributed by atoms with Gasteiger partial charge in [0.05, 0.1) is 6.61 Å². The molecule has 0 radical (unpaired) electrons. The highest BCUT2D eigenvalue weighted by Crippen LogP contribution is 2.24. The number of aliphatic hydroxyl groups excluding tert-OH is 4. The molecule has 1 saturated heterocycles. The molecule has 0 aromatic carbocycles. The summed E-state index contributed by atoms with van der Waals surface area (Å²) in [6, 6.07) is -0.888. The van der Waals surface area contributed by atoms with E-state index in [0.29, 0.717) is 5.75 Å². The van der Waals surface area contributed by atoms with Crippen molar-refractivity contribution in [1.82, 2.24) is 4.90 Å². The third-order valence-electron chi connectivity index (χ3n) is 2.43. The Hall–Kier alpha value is -0.380. The molecule has 0 aliphatic carbocycles. The van der Waals surface area contributed by atoms with Crippen molar-refractivity contribution >= 4 is 17.7 Å². The summed E-state index contributed by atoms with van der Waals surface area (Å²) in [5.41, 5.74) is 0. The molecule has 1 rings (SSSR count). The van der Waals surface area contributed by atoms with Crippen LogP contribution in [0.5, 0.6) is 0 Å². The summed E-state index contributed by atoms with van der Waals surface area (Å²) >= 11 is 1.31. The van der Waals surface area contributed by atoms with Gasteiger partial charge in [-0.3, -0.25) is 9.69 Å². The zero-order valence-electron chi connectivity index (χ0n) is 8.43. The van der Waals surface area contributed by atoms with Crippen molar-refractivity contribution in [3.05, 3.63) is 0 Å². The Labute approximate surface area is 96.3 Å². The van der Waals surface area contributed by atoms with E-state index in [-0.39, 0.29) is 5.88 Å². The Bertz CT molecular complexity index is 253. The first-order valence-electron chi connectivity index (χ1n) is 4.70. The van der Waals surface area contributed by atoms with E-state index in [1.54, 1.807) is 0 Å². The van der Waals surface area contributed by atoms with Crippen LogP contribution >= 0.6 is 11.8 Å². The molecule has 0 amide bonds. The molecule has 1 fully saturated rings. The third kappa shape index (κ3) is 2.84. The van der Waals surface area contributed by atoms with Crippen molar-refractivity contribution in [2.75, 3.05) is 18.2 Å². The Morgan fingerprint density at radius 1 is 1.44 bits per heavy atom. The van der Waals surface area contributed by atoms with Crippen molar-refractivity contribution in [3.8, 4) is 0 Å². The number of hydrogen-bond donors (Lipinski definition) is 5. The Balaban J connectivity index is 2.65. The molecule has 1 aliphatic rings. The average molecular weight is 253 g/mol. The fourth-order valence-corrected chi connectivity index (χ4v) is 2.64. The molecule has 94 valence electrons. The van der Waals surface area contributed by atoms with E-state index in [1.165, 1.54) is 16.7 Å². The van der Waals surface area contributed by atoms with Crippen molar-refractivity contribution in [1.29, 1.82) is 0 Å². The standard InChI is InChI=1S/C8H15NO6S/c10-1-5(11)6(12)7(13)9-3-16-2-4(9)8(14)15/h4-7,10-13H,1-3H2,(H,14,15). The average Bonchev–Trinajstić information content (AvgIpc) is 2.74. The predicted octanol–water partition coefficient (Wildman–Crippen LogP) is -2.52. The first kappa shape index (κ1) is 13.7. The van der Waals surface area contributed by atoms with Gasteiger partial charge in [-0.15, -0.1) is 11.8 Å². The molecule has 1 heterocycles. The largest absolute Gasteiger partial charge is 0.480 e. The van der Waals surface area contributed by atoms with E-state index in [9.17, 15) is 15.0 Å². The van der Waals surface area contributed by atoms with Gasteiger partial charge in [-0.25, -0.2) is 0 Å². The van der Waals surface area contributed by atoms with E-state index in [0.717, 1.165) is 0 Å². The van der Waals surface area contributed by atoms with Gasteiger partial charge in [-0.1, -0.05) is 0 Å². The van der Waals surface area contributed by atoms with Gasteiger partial charge in [-0.05, 0) is 0 Å². The Morgan fingerprint density at radius 3 is 2.56 bits per heavy atom. The van der Waals surface area contributed by atoms with Gasteiger partial charge >= 0.3 is 5.97 Å². The van der Waals surface area contributed by atoms with Crippen LogP contribution in [0, 0.1) is 0 Å². The number of rotatable bonds is 5. The Kier molecular flexibility index (Phi) is 4.96. The van der Waals surface area contributed by atoms with Gasteiger partial charge < -0.3 is 25.5 Å². The van der Waals surface area contributed by atoms with Gasteiger partial charge in [0.1, 0.15) is 24.5 Å². The molecule has 0 saturated carbocycles. The van der Waals surface area contributed by atoms with Gasteiger partial charge in [-0.2, -0.15) is 0 Å². The van der Waals surface area contributed by atoms with E-state index in [2.05, 4.69) is 0 Å². The summed E-state index contributed by atoms with van der Waals surface area (Å²) in [7, 11) is 0. The van der Waals surface area contributed by atoms with Crippen LogP contribution in [0.3, 0.4) is 0 Å². The van der Waals surface area contributed by atoms with Crippen LogP contribution in [0.15, 0.2) is 0 Å². The summed E-state index contributed by atoms with van der Waals surface area (Å²) < 4.78 is 0. The van der Waals surface area contributed by atoms with Crippen LogP contribution in [0.2, 0.25) is 0 Å². The summed E-state index contributed by atoms with van der Waals surface area (Å²) in [6.07, 6.45) is -4.58. The number of nitrogens with zero attached hydrogens (tertiary/aromatic N) is 1. The molecule has 0 bridgehead atoms. The topological polar surface area (TPSA) is 121 Å². The molecule has 4 atom stereocenters. The van der Waals surface area contributed by atoms with Crippen LogP contribution < -0.4 is 0 Å². The number of aliphatic hydroxyl groups is 4. The fourth-order valence-electron chi connectivity index (χ4n) is 1.43. The Morgan fingerprint density at radius 2 is 2.06 bits per heavy atom. The van der Waals surface area contributed by atoms with Crippen molar-refractivity contribution in [2.24, 2.45) is 0 Å². The highest BCUT2D eigenvalue weighted by atomic mass is 32.2. The van der Waals surface area contributed by atoms with Gasteiger partial charge in [0.2, 0.25) is 0 Å². The lowest BCUT2D eigenvalue weighted by Crippen LogP contribution is -2.53. The normalized spacial score (nSPS) is 27.6. The van der Waals surface area contributed by atoms with Crippen molar-refractivity contribution in [2.45, 2.75) is 24.5 Å². The van der Waals surface area contributed by atoms with Crippen LogP contribution in [0.4, 0.5) is 0 Å². The molecule has 16 heavy (non-hydrogen) atoms. The first-order chi connectivity index (χ1) is 7.49. The molecule has 7 nitrogen and oxygen atoms in total. The minimum atomic E-state index is -1.59. The maximum absolute atomic E-state index is 10.8. The molecule has 8 heteroatoms. The number of carbonyl (C=O) groups is 1. The van der Waals surface area contributed by atoms with Gasteiger partial charge in [0.25, 0.3) is 0 Å². The SMILES string of the molecule is O=C(O)C1CSCN1C(O)C(O)C(O)CO. The molecule has 5 N–H and O–H groups in total. The van der Waals surface area contributed by atoms with E-state index < -0.39 is 37.1 Å². The summed E-state index contributed by atoms with van der Waals surface area (Å²) in [5.74, 6) is -0.517. The first-order valence-corrected chi connectivity index (χ1v) is 5.86. The zero-order valence-corrected chi connectivity index (χ0v) is 9.25. The summed E-state index contributed by atoms with van der Waals surface area (Å²) in [5, 5.41) is 45.7. The lowest BCUT2D eigenvalue weighted by atomic mass is 10.1. The third-order valence-corrected chi connectivity index (χ3v) is 3.46. The van der Waals surface area contributed by atoms with Crippen LogP contribution in [0.1, 0.15) is 0 Å². The maximum Gasteiger partial charge on any atom is 0.321 e. The van der Waals surface area contributed by atoms with Gasteiger partial charge in [0.15, 0.2) is 0 Å². The molecule has 0 spiro atoms. The number of aliphatic carboxylic acids is 1. The van der Waals surface area contributed by atoms with Crippen molar-refractivity contribution in [3.63, 3.8) is 0 Å². The van der Waals surface area contributed by atoms with E-state index in [1.807, 2.05) is 0 Å². The highest BCUT2D eigenvalue weighted by molar-refractivity contribution is 7.99. The molecular weight excluding hydrogens is 238 g/mol. The smallest absolute Gasteiger partial charge is 0.321 e. The molecule has 1 aliphatic heterocycles. The second-order valence-corrected chi connectivity index (χ2v) is 4.52. The number of thioether (sulfide) groups is 1. The van der Waals surface area contributed by atoms with Crippen LogP contribution in [-0.2, 0) is 4.79 Å². The summed E-state index contributed by atoms with van der Waals surface area (Å²) in [6.45, 7) is -0.697. The minimum absolute atomic E-state index is 0.257. The number of hydrogen-bond acceptors (Lipinski definition) is 7. The lowest BCUT2D eigenvalue weighted by molar-refractivity contribution is -0.159. The quantitative estimate of drug-likeness (QED) is 0.364. The number of carboxylic acid groups (broad SMARTS) is 1. The van der Waals surface area contributed by atoms with E-state index in [4.69, 9.17) is 15.3 Å². The monoisotopic (exact) mass is 253 g/mol. The van der Waals surface area contributed by atoms with Crippen LogP contribution in [-0.4, -0.2) is 79.1 Å². The van der Waals surface area contributed by atoms with Gasteiger partial charge in [0, 0.05) is 11.6 Å². The maximum atomic E-state index is 10.8. The van der Waals surface area contributed by atoms with Crippen molar-refractivity contribution < 1.29 is 30.3 Å².